The molecule has 18 atom stereocenters. The Hall–Kier alpha value is -7.91. The highest BCUT2D eigenvalue weighted by Crippen LogP contribution is 2.53. The number of carbonyl (C=O) groups is 9. The number of hydrogen-bond acceptors (Lipinski definition) is 28. The van der Waals surface area contributed by atoms with Crippen molar-refractivity contribution < 1.29 is 138 Å². The summed E-state index contributed by atoms with van der Waals surface area (Å²) in [7, 11) is 1.26. The fraction of sp³-hybridized carbons (Fsp3) is 0.542. The summed E-state index contributed by atoms with van der Waals surface area (Å²) >= 11 is 0. The van der Waals surface area contributed by atoms with Crippen LogP contribution in [-0.4, -0.2) is 250 Å². The van der Waals surface area contributed by atoms with Crippen LogP contribution in [-0.2, 0) is 65.5 Å². The minimum Gasteiger partial charge on any atom is -0.507 e. The van der Waals surface area contributed by atoms with Gasteiger partial charge in [-0.1, -0.05) is 38.1 Å². The van der Waals surface area contributed by atoms with Gasteiger partial charge in [0.05, 0.1) is 61.7 Å². The number of amides is 6. The molecule has 6 amide bonds. The van der Waals surface area contributed by atoms with Crippen molar-refractivity contribution in [2.45, 2.75) is 169 Å². The SMILES string of the molecule is COc1cccc2c1C(=O)c1c(O)c3c(c(O)c1C2=O)C[C@](O)(C(=O)CO)CC3O[C@H]1C[C@H](NC(=O)OCc2ccc(NC(=O)C(CC(N)=O)NC(=O)C(C)NC(=O)C(NC(=O)[C@H](O)[C@H](O)[C@@H](O[C@@H]3O[C@H](CO)[C@H](O)[C@H](O)[C@H]3O)[C@H](O)CO)C(C)C)cc2)[C@H](O)[C@H](C)O1. The highest BCUT2D eigenvalue weighted by atomic mass is 16.7. The Morgan fingerprint density at radius 2 is 1.45 bits per heavy atom. The lowest BCUT2D eigenvalue weighted by atomic mass is 9.72. The molecule has 2 fully saturated rings. The van der Waals surface area contributed by atoms with Crippen LogP contribution in [0.15, 0.2) is 42.5 Å². The van der Waals surface area contributed by atoms with Crippen LogP contribution >= 0.6 is 0 Å². The highest BCUT2D eigenvalue weighted by molar-refractivity contribution is 6.31. The molecule has 3 aromatic rings. The number of aromatic hydroxyl groups is 2. The number of nitrogens with two attached hydrogens (primary N) is 1. The summed E-state index contributed by atoms with van der Waals surface area (Å²) in [5, 5.41) is 150. The zero-order chi connectivity index (χ0) is 68.8. The molecule has 510 valence electrons. The van der Waals surface area contributed by atoms with Gasteiger partial charge in [0.2, 0.25) is 29.4 Å². The molecule has 0 saturated carbocycles. The Balaban J connectivity index is 0.936. The van der Waals surface area contributed by atoms with Crippen LogP contribution in [0.25, 0.3) is 0 Å². The van der Waals surface area contributed by atoms with Crippen LogP contribution in [0.5, 0.6) is 17.2 Å². The number of rotatable bonds is 26. The molecule has 20 N–H and O–H groups in total. The Labute approximate surface area is 528 Å². The van der Waals surface area contributed by atoms with Crippen LogP contribution in [0.2, 0.25) is 0 Å². The molecule has 0 bridgehead atoms. The molecule has 7 rings (SSSR count). The Morgan fingerprint density at radius 1 is 0.785 bits per heavy atom. The van der Waals surface area contributed by atoms with Crippen LogP contribution < -0.4 is 37.1 Å². The number of primary amides is 1. The standard InChI is InChI=1S/C59H76N6O28/c1-21(2)41(65-56(85)50(80)49(79)52(30(69)17-66)93-57-51(81)48(78)45(75)33(18-67)92-57)55(84)61-22(3)53(82)63-29(13-35(60)71)54(83)62-25-11-9-24(10-12-25)20-89-58(86)64-28-14-36(90-23(4)42(28)72)91-32-16-59(87,34(70)19-68)15-27-38(32)47(77)40-39(44(27)74)43(73)26-7-6-8-31(88-5)37(26)46(40)76/h6-12,21-23,28-30,32-33,36,41-42,45,48-52,57,66-69,72,74-75,77-81,87H,13-20H2,1-5H3,(H2,60,71)(H,61,84)(H,62,83)(H,63,82)(H,64,86)(H,65,85)/t22?,23-,28-,29?,30+,32?,33+,36-,41?,42+,45-,48-,49-,50+,51+,52-,57-,59+/m0/s1. The third kappa shape index (κ3) is 15.8. The van der Waals surface area contributed by atoms with E-state index in [0.29, 0.717) is 5.56 Å². The molecule has 93 heavy (non-hydrogen) atoms. The Morgan fingerprint density at radius 3 is 2.06 bits per heavy atom. The molecule has 3 aromatic carbocycles. The van der Waals surface area contributed by atoms with E-state index in [0.717, 1.165) is 0 Å². The van der Waals surface area contributed by atoms with Crippen molar-refractivity contribution in [2.24, 2.45) is 11.7 Å². The number of ether oxygens (including phenoxy) is 6. The number of phenolic OH excluding ortho intramolecular Hbond substituents is 2. The van der Waals surface area contributed by atoms with Gasteiger partial charge in [-0.3, -0.25) is 38.4 Å². The largest absolute Gasteiger partial charge is 0.507 e. The highest BCUT2D eigenvalue weighted by Gasteiger charge is 2.52. The summed E-state index contributed by atoms with van der Waals surface area (Å²) in [6, 6.07) is 3.82. The van der Waals surface area contributed by atoms with Crippen LogP contribution in [0.4, 0.5) is 10.5 Å². The van der Waals surface area contributed by atoms with Crippen LogP contribution in [0.1, 0.15) is 102 Å². The first-order chi connectivity index (χ1) is 43.8. The molecular formula is C59H76N6O28. The number of benzene rings is 3. The molecule has 2 aliphatic heterocycles. The van der Waals surface area contributed by atoms with Crippen LogP contribution in [0, 0.1) is 5.92 Å². The maximum absolute atomic E-state index is 14.1. The fourth-order valence-corrected chi connectivity index (χ4v) is 11.1. The van der Waals surface area contributed by atoms with Gasteiger partial charge in [0, 0.05) is 41.6 Å². The average Bonchev–Trinajstić information content (AvgIpc) is 0.712. The quantitative estimate of drug-likeness (QED) is 0.0260. The number of nitrogens with one attached hydrogen (secondary N) is 5. The summed E-state index contributed by atoms with van der Waals surface area (Å²) in [4.78, 5) is 120. The number of ketones is 3. The van der Waals surface area contributed by atoms with E-state index in [4.69, 9.17) is 34.2 Å². The van der Waals surface area contributed by atoms with Crippen molar-refractivity contribution in [3.63, 3.8) is 0 Å². The van der Waals surface area contributed by atoms with Gasteiger partial charge in [0.25, 0.3) is 5.91 Å². The molecule has 0 spiro atoms. The number of hydrogen-bond donors (Lipinski definition) is 19. The number of alkyl carbamates (subject to hydrolysis) is 1. The number of anilines is 1. The van der Waals surface area contributed by atoms with Gasteiger partial charge in [-0.15, -0.1) is 0 Å². The van der Waals surface area contributed by atoms with Gasteiger partial charge >= 0.3 is 6.09 Å². The average molecular weight is 1320 g/mol. The molecule has 4 aliphatic rings. The van der Waals surface area contributed by atoms with E-state index >= 15 is 0 Å². The second-order valence-corrected chi connectivity index (χ2v) is 23.2. The maximum Gasteiger partial charge on any atom is 0.407 e. The van der Waals surface area contributed by atoms with Gasteiger partial charge in [0.15, 0.2) is 30.3 Å². The topological polar surface area (TPSA) is 558 Å². The minimum absolute atomic E-state index is 0.00777. The van der Waals surface area contributed by atoms with Gasteiger partial charge < -0.3 is 127 Å². The molecule has 2 aliphatic carbocycles. The van der Waals surface area contributed by atoms with Crippen molar-refractivity contribution in [1.82, 2.24) is 21.3 Å². The maximum atomic E-state index is 14.1. The third-order valence-electron chi connectivity index (χ3n) is 16.3. The number of aliphatic hydroxyl groups excluding tert-OH is 10. The van der Waals surface area contributed by atoms with E-state index < -0.39 is 237 Å². The number of fused-ring (bicyclic) bond motifs is 3. The molecule has 2 heterocycles. The number of methoxy groups -OCH3 is 1. The molecule has 34 nitrogen and oxygen atoms in total. The van der Waals surface area contributed by atoms with Crippen molar-refractivity contribution in [2.75, 3.05) is 32.2 Å². The number of carbonyl (C=O) groups excluding carboxylic acids is 9. The lowest BCUT2D eigenvalue weighted by Crippen LogP contribution is -2.62. The van der Waals surface area contributed by atoms with E-state index in [1.165, 1.54) is 77.3 Å². The summed E-state index contributed by atoms with van der Waals surface area (Å²) in [6.07, 6.45) is -27.8. The molecule has 0 radical (unpaired) electrons. The van der Waals surface area contributed by atoms with Gasteiger partial charge in [-0.05, 0) is 43.5 Å². The molecule has 2 saturated heterocycles. The second-order valence-electron chi connectivity index (χ2n) is 23.2. The molecule has 0 aromatic heterocycles. The summed E-state index contributed by atoms with van der Waals surface area (Å²) in [5.74, 6) is -10.9. The smallest absolute Gasteiger partial charge is 0.407 e. The normalized spacial score (nSPS) is 26.5. The van der Waals surface area contributed by atoms with Crippen molar-refractivity contribution in [3.8, 4) is 17.2 Å². The van der Waals surface area contributed by atoms with Crippen molar-refractivity contribution in [3.05, 3.63) is 81.4 Å². The van der Waals surface area contributed by atoms with E-state index in [2.05, 4.69) is 26.6 Å². The van der Waals surface area contributed by atoms with E-state index in [1.807, 2.05) is 0 Å². The third-order valence-corrected chi connectivity index (χ3v) is 16.3. The van der Waals surface area contributed by atoms with Crippen molar-refractivity contribution >= 4 is 58.7 Å². The number of Topliss-reactive ketones (excluding diaryl/α,β-unsaturated/α-hetero) is 1. The summed E-state index contributed by atoms with van der Waals surface area (Å²) in [6.45, 7) is 1.86. The zero-order valence-corrected chi connectivity index (χ0v) is 50.6. The van der Waals surface area contributed by atoms with Gasteiger partial charge in [0.1, 0.15) is 103 Å². The number of phenols is 2. The van der Waals surface area contributed by atoms with Gasteiger partial charge in [-0.25, -0.2) is 4.79 Å². The molecule has 34 heteroatoms. The monoisotopic (exact) mass is 1320 g/mol. The fourth-order valence-electron chi connectivity index (χ4n) is 11.1. The first-order valence-corrected chi connectivity index (χ1v) is 29.2. The predicted octanol–water partition coefficient (Wildman–Crippen LogP) is -5.83. The van der Waals surface area contributed by atoms with Gasteiger partial charge in [-0.2, -0.15) is 0 Å². The van der Waals surface area contributed by atoms with E-state index in [1.54, 1.807) is 0 Å². The van der Waals surface area contributed by atoms with Crippen molar-refractivity contribution in [1.29, 1.82) is 0 Å². The predicted molar refractivity (Wildman–Crippen MR) is 310 cm³/mol. The lowest BCUT2D eigenvalue weighted by molar-refractivity contribution is -0.326. The van der Waals surface area contributed by atoms with E-state index in [9.17, 15) is 110 Å². The van der Waals surface area contributed by atoms with Crippen LogP contribution in [0.3, 0.4) is 0 Å². The second kappa shape index (κ2) is 30.4. The first-order valence-electron chi connectivity index (χ1n) is 29.2. The summed E-state index contributed by atoms with van der Waals surface area (Å²) in [5.41, 5.74) is 1.16. The summed E-state index contributed by atoms with van der Waals surface area (Å²) < 4.78 is 33.4. The molecule has 4 unspecified atom stereocenters. The zero-order valence-electron chi connectivity index (χ0n) is 50.6. The molecular weight excluding hydrogens is 1240 g/mol. The minimum atomic E-state index is -2.55. The Kier molecular flexibility index (Phi) is 23.7. The van der Waals surface area contributed by atoms with E-state index in [-0.39, 0.29) is 40.1 Å². The lowest BCUT2D eigenvalue weighted by Gasteiger charge is -2.42. The Bertz CT molecular complexity index is 3300. The first kappa shape index (κ1) is 72.5. The number of aliphatic hydroxyl groups is 11.